The first-order valence-electron chi connectivity index (χ1n) is 5.30. The van der Waals surface area contributed by atoms with Crippen molar-refractivity contribution in [3.63, 3.8) is 0 Å². The van der Waals surface area contributed by atoms with Gasteiger partial charge in [0.15, 0.2) is 0 Å². The van der Waals surface area contributed by atoms with Crippen LogP contribution in [-0.4, -0.2) is 6.04 Å². The second-order valence-corrected chi connectivity index (χ2v) is 4.03. The van der Waals surface area contributed by atoms with Gasteiger partial charge in [-0.25, -0.2) is 0 Å². The summed E-state index contributed by atoms with van der Waals surface area (Å²) < 4.78 is 0. The lowest BCUT2D eigenvalue weighted by Crippen LogP contribution is -2.23. The minimum atomic E-state index is 0.344. The smallest absolute Gasteiger partial charge is 0.0108 e. The molecule has 1 saturated carbocycles. The Balaban J connectivity index is 2.34. The minimum Gasteiger partial charge on any atom is -0.327 e. The van der Waals surface area contributed by atoms with E-state index >= 15 is 0 Å². The molecule has 1 nitrogen and oxygen atoms in total. The maximum atomic E-state index is 6.10. The molecule has 0 saturated heterocycles. The van der Waals surface area contributed by atoms with E-state index in [2.05, 4.69) is 30.8 Å². The average Bonchev–Trinajstić information content (AvgIpc) is 2.64. The number of hydrogen-bond acceptors (Lipinski definition) is 1. The van der Waals surface area contributed by atoms with Crippen LogP contribution < -0.4 is 5.73 Å². The molecule has 0 bridgehead atoms. The minimum absolute atomic E-state index is 0.344. The van der Waals surface area contributed by atoms with Gasteiger partial charge < -0.3 is 5.73 Å². The van der Waals surface area contributed by atoms with Gasteiger partial charge >= 0.3 is 0 Å². The summed E-state index contributed by atoms with van der Waals surface area (Å²) in [5.41, 5.74) is 8.73. The van der Waals surface area contributed by atoms with Gasteiger partial charge in [-0.05, 0) is 29.9 Å². The van der Waals surface area contributed by atoms with Gasteiger partial charge in [0.05, 0.1) is 0 Å². The summed E-state index contributed by atoms with van der Waals surface area (Å²) in [5.74, 6) is 0.546. The van der Waals surface area contributed by atoms with E-state index in [-0.39, 0.29) is 0 Å². The maximum Gasteiger partial charge on any atom is 0.0108 e. The fourth-order valence-electron chi connectivity index (χ4n) is 2.41. The number of benzene rings is 1. The third-order valence-corrected chi connectivity index (χ3v) is 3.18. The largest absolute Gasteiger partial charge is 0.327 e. The van der Waals surface area contributed by atoms with E-state index in [1.165, 1.54) is 24.0 Å². The van der Waals surface area contributed by atoms with Gasteiger partial charge in [-0.15, -0.1) is 0 Å². The third kappa shape index (κ3) is 1.60. The van der Waals surface area contributed by atoms with Gasteiger partial charge in [0.25, 0.3) is 0 Å². The van der Waals surface area contributed by atoms with Crippen LogP contribution >= 0.6 is 0 Å². The molecule has 1 aromatic carbocycles. The fourth-order valence-corrected chi connectivity index (χ4v) is 2.41. The lowest BCUT2D eigenvalue weighted by molar-refractivity contribution is 0.612. The summed E-state index contributed by atoms with van der Waals surface area (Å²) in [6.07, 6.45) is 5.58. The highest BCUT2D eigenvalue weighted by molar-refractivity contribution is 5.53. The van der Waals surface area contributed by atoms with Crippen molar-refractivity contribution in [2.45, 2.75) is 31.2 Å². The Morgan fingerprint density at radius 3 is 2.71 bits per heavy atom. The van der Waals surface area contributed by atoms with E-state index in [4.69, 9.17) is 5.73 Å². The van der Waals surface area contributed by atoms with Crippen molar-refractivity contribution in [1.29, 1.82) is 0 Å². The van der Waals surface area contributed by atoms with Gasteiger partial charge in [-0.3, -0.25) is 0 Å². The van der Waals surface area contributed by atoms with E-state index in [1.54, 1.807) is 0 Å². The molecule has 1 fully saturated rings. The van der Waals surface area contributed by atoms with Crippen LogP contribution in [0.15, 0.2) is 30.8 Å². The highest BCUT2D eigenvalue weighted by Gasteiger charge is 2.26. The molecule has 74 valence electrons. The molecule has 1 aliphatic rings. The highest BCUT2D eigenvalue weighted by atomic mass is 14.7. The maximum absolute atomic E-state index is 6.10. The first-order valence-corrected chi connectivity index (χ1v) is 5.30. The molecule has 0 unspecified atom stereocenters. The van der Waals surface area contributed by atoms with Crippen molar-refractivity contribution in [3.8, 4) is 0 Å². The Morgan fingerprint density at radius 1 is 1.29 bits per heavy atom. The molecule has 0 radical (unpaired) electrons. The molecule has 14 heavy (non-hydrogen) atoms. The molecule has 1 aromatic rings. The average molecular weight is 187 g/mol. The third-order valence-electron chi connectivity index (χ3n) is 3.18. The summed E-state index contributed by atoms with van der Waals surface area (Å²) >= 11 is 0. The lowest BCUT2D eigenvalue weighted by atomic mass is 9.90. The first-order chi connectivity index (χ1) is 6.83. The normalized spacial score (nSPS) is 26.4. The molecular formula is C13H17N. The zero-order chi connectivity index (χ0) is 9.97. The van der Waals surface area contributed by atoms with Gasteiger partial charge in [0.2, 0.25) is 0 Å². The van der Waals surface area contributed by atoms with Crippen LogP contribution in [0.4, 0.5) is 0 Å². The van der Waals surface area contributed by atoms with Crippen LogP contribution in [-0.2, 0) is 0 Å². The summed E-state index contributed by atoms with van der Waals surface area (Å²) in [4.78, 5) is 0. The predicted octanol–water partition coefficient (Wildman–Crippen LogP) is 2.92. The van der Waals surface area contributed by atoms with Crippen molar-refractivity contribution in [2.24, 2.45) is 5.73 Å². The molecule has 0 amide bonds. The molecule has 2 rings (SSSR count). The Kier molecular flexibility index (Phi) is 2.69. The Labute approximate surface area is 85.6 Å². The standard InChI is InChI=1S/C13H17N/c1-2-10-6-3-4-7-11(10)12-8-5-9-13(12)14/h2-4,6-7,12-13H,1,5,8-9,14H2/t12-,13+/m0/s1. The molecule has 0 spiro atoms. The van der Waals surface area contributed by atoms with Gasteiger partial charge in [0, 0.05) is 6.04 Å². The Hall–Kier alpha value is -1.08. The molecule has 1 aliphatic carbocycles. The van der Waals surface area contributed by atoms with Gasteiger partial charge in [-0.1, -0.05) is 43.3 Å². The van der Waals surface area contributed by atoms with E-state index in [1.807, 2.05) is 6.08 Å². The zero-order valence-corrected chi connectivity index (χ0v) is 8.45. The molecule has 0 aliphatic heterocycles. The van der Waals surface area contributed by atoms with Crippen LogP contribution in [0.2, 0.25) is 0 Å². The summed E-state index contributed by atoms with van der Waals surface area (Å²) in [5, 5.41) is 0. The predicted molar refractivity (Wildman–Crippen MR) is 61.1 cm³/mol. The van der Waals surface area contributed by atoms with E-state index in [0.717, 1.165) is 6.42 Å². The molecule has 2 N–H and O–H groups in total. The zero-order valence-electron chi connectivity index (χ0n) is 8.45. The van der Waals surface area contributed by atoms with E-state index < -0.39 is 0 Å². The lowest BCUT2D eigenvalue weighted by Gasteiger charge is -2.17. The second-order valence-electron chi connectivity index (χ2n) is 4.03. The van der Waals surface area contributed by atoms with E-state index in [9.17, 15) is 0 Å². The molecule has 2 atom stereocenters. The van der Waals surface area contributed by atoms with Crippen molar-refractivity contribution in [2.75, 3.05) is 0 Å². The fraction of sp³-hybridized carbons (Fsp3) is 0.385. The summed E-state index contributed by atoms with van der Waals surface area (Å²) in [6, 6.07) is 8.80. The van der Waals surface area contributed by atoms with Crippen LogP contribution in [0.5, 0.6) is 0 Å². The molecular weight excluding hydrogens is 170 g/mol. The topological polar surface area (TPSA) is 26.0 Å². The quantitative estimate of drug-likeness (QED) is 0.757. The highest BCUT2D eigenvalue weighted by Crippen LogP contribution is 2.35. The van der Waals surface area contributed by atoms with Crippen LogP contribution in [0.1, 0.15) is 36.3 Å². The molecule has 1 heteroatoms. The summed E-state index contributed by atoms with van der Waals surface area (Å²) in [6.45, 7) is 3.85. The first kappa shape index (κ1) is 9.47. The van der Waals surface area contributed by atoms with Crippen molar-refractivity contribution in [3.05, 3.63) is 42.0 Å². The monoisotopic (exact) mass is 187 g/mol. The number of nitrogens with two attached hydrogens (primary N) is 1. The van der Waals surface area contributed by atoms with E-state index in [0.29, 0.717) is 12.0 Å². The Bertz CT molecular complexity index is 330. The Morgan fingerprint density at radius 2 is 2.07 bits per heavy atom. The van der Waals surface area contributed by atoms with Gasteiger partial charge in [-0.2, -0.15) is 0 Å². The number of rotatable bonds is 2. The SMILES string of the molecule is C=Cc1ccccc1[C@@H]1CCC[C@H]1N. The van der Waals surface area contributed by atoms with Crippen LogP contribution in [0.3, 0.4) is 0 Å². The molecule has 0 heterocycles. The van der Waals surface area contributed by atoms with Crippen LogP contribution in [0.25, 0.3) is 6.08 Å². The number of hydrogen-bond donors (Lipinski definition) is 1. The van der Waals surface area contributed by atoms with Crippen LogP contribution in [0, 0.1) is 0 Å². The van der Waals surface area contributed by atoms with Crippen molar-refractivity contribution in [1.82, 2.24) is 0 Å². The van der Waals surface area contributed by atoms with Crippen molar-refractivity contribution < 1.29 is 0 Å². The molecule has 0 aromatic heterocycles. The summed E-state index contributed by atoms with van der Waals surface area (Å²) in [7, 11) is 0. The second kappa shape index (κ2) is 3.97. The van der Waals surface area contributed by atoms with Crippen molar-refractivity contribution >= 4 is 6.08 Å². The van der Waals surface area contributed by atoms with Gasteiger partial charge in [0.1, 0.15) is 0 Å².